The van der Waals surface area contributed by atoms with Crippen LogP contribution in [0.3, 0.4) is 0 Å². The van der Waals surface area contributed by atoms with Crippen LogP contribution in [0.1, 0.15) is 26.7 Å². The second-order valence-corrected chi connectivity index (χ2v) is 5.91. The molecule has 14 heavy (non-hydrogen) atoms. The Kier molecular flexibility index (Phi) is 4.84. The molecule has 1 saturated carbocycles. The van der Waals surface area contributed by atoms with Crippen LogP contribution in [0.5, 0.6) is 0 Å². The van der Waals surface area contributed by atoms with Gasteiger partial charge in [-0.25, -0.2) is 13.1 Å². The molecule has 0 aliphatic heterocycles. The van der Waals surface area contributed by atoms with Gasteiger partial charge in [-0.05, 0) is 32.6 Å². The molecule has 4 nitrogen and oxygen atoms in total. The fourth-order valence-corrected chi connectivity index (χ4v) is 2.54. The molecule has 0 spiro atoms. The number of halogens is 1. The van der Waals surface area contributed by atoms with Crippen LogP contribution in [0.25, 0.3) is 0 Å². The van der Waals surface area contributed by atoms with Crippen LogP contribution < -0.4 is 10.5 Å². The number of sulfonamides is 1. The van der Waals surface area contributed by atoms with Crippen LogP contribution in [0.15, 0.2) is 0 Å². The minimum absolute atomic E-state index is 0. The van der Waals surface area contributed by atoms with Gasteiger partial charge in [0.2, 0.25) is 10.0 Å². The summed E-state index contributed by atoms with van der Waals surface area (Å²) in [6, 6.07) is 0. The molecule has 0 aromatic heterocycles. The summed E-state index contributed by atoms with van der Waals surface area (Å²) < 4.78 is 25.4. The van der Waals surface area contributed by atoms with Crippen molar-refractivity contribution in [2.45, 2.75) is 32.2 Å². The molecule has 1 atom stereocenters. The van der Waals surface area contributed by atoms with Crippen LogP contribution >= 0.6 is 12.4 Å². The second kappa shape index (κ2) is 4.79. The summed E-state index contributed by atoms with van der Waals surface area (Å²) in [7, 11) is -3.12. The molecule has 0 bridgehead atoms. The Labute approximate surface area is 92.1 Å². The molecule has 1 fully saturated rings. The molecular weight excluding hydrogens is 224 g/mol. The van der Waals surface area contributed by atoms with Gasteiger partial charge in [-0.2, -0.15) is 0 Å². The summed E-state index contributed by atoms with van der Waals surface area (Å²) in [4.78, 5) is 0. The summed E-state index contributed by atoms with van der Waals surface area (Å²) >= 11 is 0. The Hall–Kier alpha value is 0.160. The van der Waals surface area contributed by atoms with Crippen molar-refractivity contribution in [1.29, 1.82) is 0 Å². The fourth-order valence-electron chi connectivity index (χ4n) is 1.44. The molecule has 6 heteroatoms. The van der Waals surface area contributed by atoms with Gasteiger partial charge < -0.3 is 5.73 Å². The molecule has 0 aromatic carbocycles. The first-order valence-corrected chi connectivity index (χ1v) is 6.30. The minimum atomic E-state index is -3.12. The van der Waals surface area contributed by atoms with Gasteiger partial charge in [-0.15, -0.1) is 12.4 Å². The topological polar surface area (TPSA) is 72.2 Å². The maximum absolute atomic E-state index is 11.3. The standard InChI is InChI=1S/C8H18N2O2S.ClH/c1-3-13(11,12)10-8(2,6-9)7-4-5-7;/h7,10H,3-6,9H2,1-2H3;1H. The van der Waals surface area contributed by atoms with Crippen LogP contribution in [-0.2, 0) is 10.0 Å². The molecule has 1 aliphatic rings. The number of nitrogens with two attached hydrogens (primary N) is 1. The van der Waals surface area contributed by atoms with E-state index in [4.69, 9.17) is 5.73 Å². The van der Waals surface area contributed by atoms with Crippen molar-refractivity contribution in [3.8, 4) is 0 Å². The molecule has 0 amide bonds. The zero-order valence-electron chi connectivity index (χ0n) is 8.62. The lowest BCUT2D eigenvalue weighted by molar-refractivity contribution is 0.374. The predicted octanol–water partition coefficient (Wildman–Crippen LogP) is 0.475. The Bertz CT molecular complexity index is 277. The van der Waals surface area contributed by atoms with Crippen molar-refractivity contribution < 1.29 is 8.42 Å². The van der Waals surface area contributed by atoms with Crippen molar-refractivity contribution in [2.24, 2.45) is 11.7 Å². The first-order valence-electron chi connectivity index (χ1n) is 4.65. The molecule has 3 N–H and O–H groups in total. The second-order valence-electron chi connectivity index (χ2n) is 3.90. The lowest BCUT2D eigenvalue weighted by atomic mass is 9.98. The number of hydrogen-bond donors (Lipinski definition) is 2. The average Bonchev–Trinajstić information content (AvgIpc) is 2.86. The van der Waals surface area contributed by atoms with E-state index in [2.05, 4.69) is 4.72 Å². The van der Waals surface area contributed by atoms with E-state index in [1.165, 1.54) is 0 Å². The Balaban J connectivity index is 0.00000169. The molecule has 1 rings (SSSR count). The molecule has 1 aliphatic carbocycles. The highest BCUT2D eigenvalue weighted by Gasteiger charge is 2.42. The molecule has 1 unspecified atom stereocenters. The largest absolute Gasteiger partial charge is 0.329 e. The maximum atomic E-state index is 11.3. The van der Waals surface area contributed by atoms with Gasteiger partial charge >= 0.3 is 0 Å². The number of nitrogens with one attached hydrogen (secondary N) is 1. The Morgan fingerprint density at radius 2 is 2.00 bits per heavy atom. The number of hydrogen-bond acceptors (Lipinski definition) is 3. The van der Waals surface area contributed by atoms with Gasteiger partial charge in [0.25, 0.3) is 0 Å². The van der Waals surface area contributed by atoms with Gasteiger partial charge in [-0.1, -0.05) is 0 Å². The van der Waals surface area contributed by atoms with Gasteiger partial charge in [-0.3, -0.25) is 0 Å². The quantitative estimate of drug-likeness (QED) is 0.737. The molecule has 0 aromatic rings. The van der Waals surface area contributed by atoms with Crippen molar-refractivity contribution in [2.75, 3.05) is 12.3 Å². The summed E-state index contributed by atoms with van der Waals surface area (Å²) in [6.07, 6.45) is 2.17. The minimum Gasteiger partial charge on any atom is -0.329 e. The van der Waals surface area contributed by atoms with E-state index in [0.29, 0.717) is 12.5 Å². The first kappa shape index (κ1) is 14.2. The van der Waals surface area contributed by atoms with E-state index in [1.807, 2.05) is 6.92 Å². The van der Waals surface area contributed by atoms with Crippen LogP contribution in [-0.4, -0.2) is 26.3 Å². The lowest BCUT2D eigenvalue weighted by Gasteiger charge is -2.28. The highest BCUT2D eigenvalue weighted by molar-refractivity contribution is 7.89. The Morgan fingerprint density at radius 3 is 2.29 bits per heavy atom. The van der Waals surface area contributed by atoms with Crippen molar-refractivity contribution in [3.63, 3.8) is 0 Å². The van der Waals surface area contributed by atoms with Crippen molar-refractivity contribution in [1.82, 2.24) is 4.72 Å². The SMILES string of the molecule is CCS(=O)(=O)NC(C)(CN)C1CC1.Cl. The third kappa shape index (κ3) is 3.38. The zero-order valence-corrected chi connectivity index (χ0v) is 10.2. The maximum Gasteiger partial charge on any atom is 0.211 e. The van der Waals surface area contributed by atoms with Gasteiger partial charge in [0.05, 0.1) is 5.75 Å². The third-order valence-electron chi connectivity index (χ3n) is 2.67. The summed E-state index contributed by atoms with van der Waals surface area (Å²) in [6.45, 7) is 3.89. The molecule has 0 radical (unpaired) electrons. The van der Waals surface area contributed by atoms with E-state index in [0.717, 1.165) is 12.8 Å². The molecule has 0 saturated heterocycles. The first-order chi connectivity index (χ1) is 5.93. The number of rotatable bonds is 5. The highest BCUT2D eigenvalue weighted by atomic mass is 35.5. The van der Waals surface area contributed by atoms with Crippen LogP contribution in [0.4, 0.5) is 0 Å². The average molecular weight is 243 g/mol. The highest BCUT2D eigenvalue weighted by Crippen LogP contribution is 2.39. The van der Waals surface area contributed by atoms with E-state index in [1.54, 1.807) is 6.92 Å². The smallest absolute Gasteiger partial charge is 0.211 e. The summed E-state index contributed by atoms with van der Waals surface area (Å²) in [5.74, 6) is 0.550. The van der Waals surface area contributed by atoms with Crippen LogP contribution in [0, 0.1) is 5.92 Å². The van der Waals surface area contributed by atoms with Crippen molar-refractivity contribution in [3.05, 3.63) is 0 Å². The summed E-state index contributed by atoms with van der Waals surface area (Å²) in [5, 5.41) is 0. The Morgan fingerprint density at radius 1 is 1.50 bits per heavy atom. The van der Waals surface area contributed by atoms with E-state index in [9.17, 15) is 8.42 Å². The van der Waals surface area contributed by atoms with E-state index >= 15 is 0 Å². The molecule has 0 heterocycles. The summed E-state index contributed by atoms with van der Waals surface area (Å²) in [5.41, 5.74) is 5.16. The van der Waals surface area contributed by atoms with Gasteiger partial charge in [0.15, 0.2) is 0 Å². The van der Waals surface area contributed by atoms with Gasteiger partial charge in [0, 0.05) is 12.1 Å². The van der Waals surface area contributed by atoms with Crippen molar-refractivity contribution >= 4 is 22.4 Å². The van der Waals surface area contributed by atoms with Gasteiger partial charge in [0.1, 0.15) is 0 Å². The fraction of sp³-hybridized carbons (Fsp3) is 1.00. The van der Waals surface area contributed by atoms with Crippen LogP contribution in [0.2, 0.25) is 0 Å². The molecule has 86 valence electrons. The monoisotopic (exact) mass is 242 g/mol. The normalized spacial score (nSPS) is 21.1. The van der Waals surface area contributed by atoms with E-state index in [-0.39, 0.29) is 18.2 Å². The predicted molar refractivity (Wildman–Crippen MR) is 60.0 cm³/mol. The zero-order chi connectivity index (χ0) is 10.1. The molecular formula is C8H19ClN2O2S. The third-order valence-corrected chi connectivity index (χ3v) is 4.21. The lowest BCUT2D eigenvalue weighted by Crippen LogP contribution is -2.53. The van der Waals surface area contributed by atoms with E-state index < -0.39 is 15.6 Å².